The van der Waals surface area contributed by atoms with Crippen molar-refractivity contribution < 1.29 is 14.7 Å². The number of carbonyl (C=O) groups is 2. The summed E-state index contributed by atoms with van der Waals surface area (Å²) in [5.74, 6) is -1.41. The van der Waals surface area contributed by atoms with Crippen LogP contribution < -0.4 is 0 Å². The maximum absolute atomic E-state index is 11.6. The highest BCUT2D eigenvalue weighted by atomic mass is 16.4. The van der Waals surface area contributed by atoms with Gasteiger partial charge in [0.25, 0.3) is 0 Å². The van der Waals surface area contributed by atoms with Crippen molar-refractivity contribution in [1.29, 1.82) is 0 Å². The summed E-state index contributed by atoms with van der Waals surface area (Å²) >= 11 is 0. The monoisotopic (exact) mass is 212 g/mol. The third kappa shape index (κ3) is 2.19. The molecule has 1 saturated heterocycles. The van der Waals surface area contributed by atoms with Gasteiger partial charge in [0, 0.05) is 11.5 Å². The van der Waals surface area contributed by atoms with Crippen LogP contribution in [-0.4, -0.2) is 40.5 Å². The summed E-state index contributed by atoms with van der Waals surface area (Å²) in [6, 6.07) is -1.54. The van der Waals surface area contributed by atoms with Gasteiger partial charge in [-0.25, -0.2) is 4.79 Å². The van der Waals surface area contributed by atoms with Crippen LogP contribution in [0.3, 0.4) is 0 Å². The van der Waals surface area contributed by atoms with Crippen molar-refractivity contribution in [2.75, 3.05) is 6.54 Å². The Bertz CT molecular complexity index is 324. The second-order valence-electron chi connectivity index (χ2n) is 3.30. The van der Waals surface area contributed by atoms with Gasteiger partial charge in [-0.05, 0) is 18.4 Å². The number of hydrogen-bond acceptors (Lipinski definition) is 3. The van der Waals surface area contributed by atoms with E-state index in [-0.39, 0.29) is 5.91 Å². The lowest BCUT2D eigenvalue weighted by Crippen LogP contribution is -2.42. The van der Waals surface area contributed by atoms with E-state index in [2.05, 4.69) is 10.0 Å². The molecule has 1 aliphatic rings. The largest absolute Gasteiger partial charge is 0.480 e. The summed E-state index contributed by atoms with van der Waals surface area (Å²) in [6.07, 6.45) is 0.747. The number of hydrogen-bond donors (Lipinski definition) is 1. The summed E-state index contributed by atoms with van der Waals surface area (Å²) in [7, 11) is 0. The number of carboxylic acid groups (broad SMARTS) is 1. The molecule has 15 heavy (non-hydrogen) atoms. The predicted octanol–water partition coefficient (Wildman–Crippen LogP) is 0.761. The Morgan fingerprint density at radius 2 is 2.53 bits per heavy atom. The van der Waals surface area contributed by atoms with Crippen LogP contribution in [0.4, 0.5) is 0 Å². The van der Waals surface area contributed by atoms with Gasteiger partial charge in [0.2, 0.25) is 5.91 Å². The minimum absolute atomic E-state index is 0.341. The van der Waals surface area contributed by atoms with Crippen LogP contribution in [0.5, 0.6) is 0 Å². The molecule has 1 N–H and O–H groups in total. The zero-order chi connectivity index (χ0) is 11.4. The number of nitrogens with zero attached hydrogens (tertiary/aromatic N) is 4. The highest BCUT2D eigenvalue weighted by molar-refractivity contribution is 5.88. The molecular formula is C8H12N4O3. The molecule has 0 aromatic heterocycles. The molecule has 7 heteroatoms. The second kappa shape index (κ2) is 4.65. The quantitative estimate of drug-likeness (QED) is 0.422. The molecule has 1 rings (SSSR count). The van der Waals surface area contributed by atoms with E-state index in [1.54, 1.807) is 6.92 Å². The van der Waals surface area contributed by atoms with Crippen molar-refractivity contribution in [3.05, 3.63) is 10.4 Å². The molecule has 1 aliphatic heterocycles. The highest BCUT2D eigenvalue weighted by Gasteiger charge is 2.37. The van der Waals surface area contributed by atoms with Crippen molar-refractivity contribution in [3.8, 4) is 0 Å². The fourth-order valence-corrected chi connectivity index (χ4v) is 1.69. The molecule has 82 valence electrons. The standard InChI is InChI=1S/C8H12N4O3/c1-2-6(8(14)15)12-4-3-5(7(12)13)10-11-9/h5-6H,2-4H2,1H3,(H,14,15). The maximum atomic E-state index is 11.6. The lowest BCUT2D eigenvalue weighted by molar-refractivity contribution is -0.148. The van der Waals surface area contributed by atoms with Crippen LogP contribution >= 0.6 is 0 Å². The molecule has 7 nitrogen and oxygen atoms in total. The summed E-state index contributed by atoms with van der Waals surface area (Å²) in [4.78, 5) is 26.3. The first-order valence-electron chi connectivity index (χ1n) is 4.69. The molecule has 0 saturated carbocycles. The molecule has 0 spiro atoms. The summed E-state index contributed by atoms with van der Waals surface area (Å²) in [5.41, 5.74) is 8.21. The Balaban J connectivity index is 2.78. The molecule has 0 aromatic rings. The van der Waals surface area contributed by atoms with Gasteiger partial charge in [-0.3, -0.25) is 4.79 Å². The number of carbonyl (C=O) groups excluding carboxylic acids is 1. The number of aliphatic carboxylic acids is 1. The molecule has 0 radical (unpaired) electrons. The van der Waals surface area contributed by atoms with Crippen LogP contribution in [0, 0.1) is 0 Å². The molecule has 1 fully saturated rings. The number of amides is 1. The van der Waals surface area contributed by atoms with Crippen LogP contribution in [-0.2, 0) is 9.59 Å². The van der Waals surface area contributed by atoms with Crippen molar-refractivity contribution in [1.82, 2.24) is 4.90 Å². The van der Waals surface area contributed by atoms with Gasteiger partial charge in [0.15, 0.2) is 0 Å². The average molecular weight is 212 g/mol. The minimum Gasteiger partial charge on any atom is -0.480 e. The van der Waals surface area contributed by atoms with Crippen LogP contribution in [0.2, 0.25) is 0 Å². The van der Waals surface area contributed by atoms with Crippen LogP contribution in [0.1, 0.15) is 19.8 Å². The van der Waals surface area contributed by atoms with E-state index in [0.29, 0.717) is 19.4 Å². The topological polar surface area (TPSA) is 106 Å². The van der Waals surface area contributed by atoms with Crippen LogP contribution in [0.15, 0.2) is 5.11 Å². The van der Waals surface area contributed by atoms with Crippen molar-refractivity contribution >= 4 is 11.9 Å². The molecule has 1 heterocycles. The first-order valence-corrected chi connectivity index (χ1v) is 4.69. The Morgan fingerprint density at radius 1 is 1.87 bits per heavy atom. The number of carboxylic acids is 1. The van der Waals surface area contributed by atoms with E-state index in [0.717, 1.165) is 0 Å². The predicted molar refractivity (Wildman–Crippen MR) is 51.0 cm³/mol. The first kappa shape index (κ1) is 11.3. The van der Waals surface area contributed by atoms with Crippen molar-refractivity contribution in [2.45, 2.75) is 31.8 Å². The van der Waals surface area contributed by atoms with E-state index in [9.17, 15) is 9.59 Å². The fraction of sp³-hybridized carbons (Fsp3) is 0.750. The number of likely N-dealkylation sites (tertiary alicyclic amines) is 1. The minimum atomic E-state index is -1.02. The lowest BCUT2D eigenvalue weighted by atomic mass is 10.2. The van der Waals surface area contributed by atoms with E-state index in [1.807, 2.05) is 0 Å². The fourth-order valence-electron chi connectivity index (χ4n) is 1.69. The molecule has 0 aliphatic carbocycles. The summed E-state index contributed by atoms with van der Waals surface area (Å²) in [6.45, 7) is 2.04. The zero-order valence-electron chi connectivity index (χ0n) is 8.33. The Kier molecular flexibility index (Phi) is 3.51. The summed E-state index contributed by atoms with van der Waals surface area (Å²) in [5, 5.41) is 12.2. The second-order valence-corrected chi connectivity index (χ2v) is 3.30. The van der Waals surface area contributed by atoms with Gasteiger partial charge in [0.05, 0.1) is 0 Å². The lowest BCUT2D eigenvalue weighted by Gasteiger charge is -2.22. The molecule has 2 atom stereocenters. The first-order chi connectivity index (χ1) is 7.11. The van der Waals surface area contributed by atoms with Gasteiger partial charge in [-0.2, -0.15) is 0 Å². The Labute approximate surface area is 86.3 Å². The van der Waals surface area contributed by atoms with Gasteiger partial charge < -0.3 is 10.0 Å². The third-order valence-corrected chi connectivity index (χ3v) is 2.45. The summed E-state index contributed by atoms with van der Waals surface area (Å²) < 4.78 is 0. The molecule has 0 bridgehead atoms. The maximum Gasteiger partial charge on any atom is 0.326 e. The molecule has 2 unspecified atom stereocenters. The number of azide groups is 1. The molecule has 0 aromatic carbocycles. The van der Waals surface area contributed by atoms with E-state index in [4.69, 9.17) is 10.6 Å². The number of rotatable bonds is 4. The zero-order valence-corrected chi connectivity index (χ0v) is 8.33. The van der Waals surface area contributed by atoms with Gasteiger partial charge >= 0.3 is 5.97 Å². The van der Waals surface area contributed by atoms with Gasteiger partial charge in [0.1, 0.15) is 12.1 Å². The van der Waals surface area contributed by atoms with Gasteiger partial charge in [-0.15, -0.1) is 0 Å². The third-order valence-electron chi connectivity index (χ3n) is 2.45. The molecule has 1 amide bonds. The van der Waals surface area contributed by atoms with Gasteiger partial charge in [-0.1, -0.05) is 12.0 Å². The van der Waals surface area contributed by atoms with Crippen LogP contribution in [0.25, 0.3) is 10.4 Å². The average Bonchev–Trinajstić information content (AvgIpc) is 2.51. The van der Waals surface area contributed by atoms with Crippen molar-refractivity contribution in [3.63, 3.8) is 0 Å². The molecular weight excluding hydrogens is 200 g/mol. The van der Waals surface area contributed by atoms with E-state index < -0.39 is 18.1 Å². The Morgan fingerprint density at radius 3 is 3.00 bits per heavy atom. The SMILES string of the molecule is CCC(C(=O)O)N1CCC(N=[N+]=[N-])C1=O. The highest BCUT2D eigenvalue weighted by Crippen LogP contribution is 2.19. The van der Waals surface area contributed by atoms with Crippen molar-refractivity contribution in [2.24, 2.45) is 5.11 Å². The van der Waals surface area contributed by atoms with E-state index in [1.165, 1.54) is 4.90 Å². The normalized spacial score (nSPS) is 22.3. The Hall–Kier alpha value is -1.75. The smallest absolute Gasteiger partial charge is 0.326 e. The van der Waals surface area contributed by atoms with E-state index >= 15 is 0 Å².